The van der Waals surface area contributed by atoms with Crippen LogP contribution < -0.4 is 5.32 Å². The summed E-state index contributed by atoms with van der Waals surface area (Å²) in [6.07, 6.45) is 2.54. The Morgan fingerprint density at radius 3 is 2.57 bits per heavy atom. The lowest BCUT2D eigenvalue weighted by molar-refractivity contribution is 0.0822. The fourth-order valence-electron chi connectivity index (χ4n) is 1.75. The Balaban J connectivity index is 2.72. The van der Waals surface area contributed by atoms with Gasteiger partial charge in [0.25, 0.3) is 5.91 Å². The molecule has 1 heterocycles. The molecule has 0 aliphatic carbocycles. The summed E-state index contributed by atoms with van der Waals surface area (Å²) in [6, 6.07) is 3.06. The molecule has 0 aliphatic rings. The predicted octanol–water partition coefficient (Wildman–Crippen LogP) is 2.29. The fraction of sp³-hybridized carbons (Fsp3) is 0.533. The van der Waals surface area contributed by atoms with Gasteiger partial charge in [-0.25, -0.2) is 4.79 Å². The van der Waals surface area contributed by atoms with Gasteiger partial charge in [0.05, 0.1) is 0 Å². The molecule has 0 radical (unpaired) electrons. The molecule has 0 saturated heterocycles. The third kappa shape index (κ3) is 5.06. The van der Waals surface area contributed by atoms with Gasteiger partial charge in [0.2, 0.25) is 0 Å². The number of aromatic nitrogens is 1. The molecule has 1 N–H and O–H groups in total. The standard InChI is InChI=1S/C15H24N4O2/c1-6-11(2)10-19(5)15(21)17-12-7-8-16-13(9-12)14(20)18(3)4/h7-9,11H,6,10H2,1-5H3,(H,16,17,21)/t11-/m0/s1. The van der Waals surface area contributed by atoms with Gasteiger partial charge >= 0.3 is 6.03 Å². The maximum absolute atomic E-state index is 12.1. The maximum Gasteiger partial charge on any atom is 0.321 e. The number of nitrogens with zero attached hydrogens (tertiary/aromatic N) is 3. The van der Waals surface area contributed by atoms with Crippen molar-refractivity contribution in [1.29, 1.82) is 0 Å². The summed E-state index contributed by atoms with van der Waals surface area (Å²) in [4.78, 5) is 31.0. The van der Waals surface area contributed by atoms with Crippen molar-refractivity contribution in [3.8, 4) is 0 Å². The minimum absolute atomic E-state index is 0.190. The topological polar surface area (TPSA) is 65.5 Å². The monoisotopic (exact) mass is 292 g/mol. The Morgan fingerprint density at radius 1 is 1.33 bits per heavy atom. The molecule has 1 rings (SSSR count). The number of pyridine rings is 1. The summed E-state index contributed by atoms with van der Waals surface area (Å²) in [7, 11) is 5.08. The first kappa shape index (κ1) is 16.9. The van der Waals surface area contributed by atoms with Crippen molar-refractivity contribution in [2.75, 3.05) is 33.0 Å². The Morgan fingerprint density at radius 2 is 2.00 bits per heavy atom. The first-order valence-corrected chi connectivity index (χ1v) is 7.05. The van der Waals surface area contributed by atoms with Gasteiger partial charge in [0, 0.05) is 39.6 Å². The molecule has 1 aromatic heterocycles. The van der Waals surface area contributed by atoms with Crippen LogP contribution in [0.4, 0.5) is 10.5 Å². The molecule has 1 aromatic rings. The van der Waals surface area contributed by atoms with Gasteiger partial charge in [-0.15, -0.1) is 0 Å². The van der Waals surface area contributed by atoms with E-state index in [1.807, 2.05) is 0 Å². The zero-order valence-corrected chi connectivity index (χ0v) is 13.4. The van der Waals surface area contributed by atoms with Crippen molar-refractivity contribution >= 4 is 17.6 Å². The third-order valence-corrected chi connectivity index (χ3v) is 3.27. The SMILES string of the molecule is CC[C@H](C)CN(C)C(=O)Nc1ccnc(C(=O)N(C)C)c1. The van der Waals surface area contributed by atoms with E-state index >= 15 is 0 Å². The van der Waals surface area contributed by atoms with Crippen LogP contribution in [-0.2, 0) is 0 Å². The maximum atomic E-state index is 12.1. The molecule has 0 aromatic carbocycles. The molecule has 0 spiro atoms. The van der Waals surface area contributed by atoms with Crippen LogP contribution in [0.15, 0.2) is 18.3 Å². The number of hydrogen-bond donors (Lipinski definition) is 1. The first-order valence-electron chi connectivity index (χ1n) is 7.05. The molecule has 0 aliphatic heterocycles. The highest BCUT2D eigenvalue weighted by molar-refractivity contribution is 5.94. The van der Waals surface area contributed by atoms with Crippen LogP contribution in [-0.4, -0.2) is 54.4 Å². The summed E-state index contributed by atoms with van der Waals surface area (Å²) in [5.41, 5.74) is 0.874. The molecular formula is C15H24N4O2. The van der Waals surface area contributed by atoms with Crippen LogP contribution in [0.1, 0.15) is 30.8 Å². The van der Waals surface area contributed by atoms with E-state index in [0.29, 0.717) is 23.8 Å². The Bertz CT molecular complexity index is 502. The Labute approximate surface area is 126 Å². The van der Waals surface area contributed by atoms with Crippen LogP contribution >= 0.6 is 0 Å². The van der Waals surface area contributed by atoms with Crippen molar-refractivity contribution in [3.63, 3.8) is 0 Å². The second-order valence-corrected chi connectivity index (χ2v) is 5.45. The van der Waals surface area contributed by atoms with Gasteiger partial charge in [0.15, 0.2) is 0 Å². The van der Waals surface area contributed by atoms with Crippen molar-refractivity contribution < 1.29 is 9.59 Å². The van der Waals surface area contributed by atoms with Crippen LogP contribution in [0.5, 0.6) is 0 Å². The summed E-state index contributed by atoms with van der Waals surface area (Å²) in [5.74, 6) is 0.253. The zero-order chi connectivity index (χ0) is 16.0. The second kappa shape index (κ2) is 7.61. The van der Waals surface area contributed by atoms with E-state index in [-0.39, 0.29) is 11.9 Å². The number of rotatable bonds is 5. The molecule has 21 heavy (non-hydrogen) atoms. The molecule has 6 heteroatoms. The lowest BCUT2D eigenvalue weighted by atomic mass is 10.1. The molecule has 0 fully saturated rings. The molecule has 1 atom stereocenters. The van der Waals surface area contributed by atoms with Gasteiger partial charge < -0.3 is 15.1 Å². The number of hydrogen-bond acceptors (Lipinski definition) is 3. The Hall–Kier alpha value is -2.11. The number of amides is 3. The van der Waals surface area contributed by atoms with Crippen molar-refractivity contribution in [1.82, 2.24) is 14.8 Å². The quantitative estimate of drug-likeness (QED) is 0.905. The molecule has 0 bridgehead atoms. The average molecular weight is 292 g/mol. The number of urea groups is 1. The van der Waals surface area contributed by atoms with Gasteiger partial charge in [0.1, 0.15) is 5.69 Å². The van der Waals surface area contributed by atoms with E-state index in [1.165, 1.54) is 11.1 Å². The van der Waals surface area contributed by atoms with E-state index in [4.69, 9.17) is 0 Å². The fourth-order valence-corrected chi connectivity index (χ4v) is 1.75. The minimum Gasteiger partial charge on any atom is -0.343 e. The van der Waals surface area contributed by atoms with E-state index in [0.717, 1.165) is 6.42 Å². The molecule has 0 saturated carbocycles. The van der Waals surface area contributed by atoms with Gasteiger partial charge in [-0.2, -0.15) is 0 Å². The molecular weight excluding hydrogens is 268 g/mol. The largest absolute Gasteiger partial charge is 0.343 e. The van der Waals surface area contributed by atoms with Crippen molar-refractivity contribution in [2.24, 2.45) is 5.92 Å². The molecule has 116 valence electrons. The molecule has 3 amide bonds. The minimum atomic E-state index is -0.195. The van der Waals surface area contributed by atoms with E-state index < -0.39 is 0 Å². The number of nitrogens with one attached hydrogen (secondary N) is 1. The predicted molar refractivity (Wildman–Crippen MR) is 83.4 cm³/mol. The lowest BCUT2D eigenvalue weighted by Crippen LogP contribution is -2.34. The zero-order valence-electron chi connectivity index (χ0n) is 13.4. The normalized spacial score (nSPS) is 11.7. The number of carbonyl (C=O) groups excluding carboxylic acids is 2. The van der Waals surface area contributed by atoms with Gasteiger partial charge in [-0.05, 0) is 18.1 Å². The van der Waals surface area contributed by atoms with E-state index in [2.05, 4.69) is 24.1 Å². The summed E-state index contributed by atoms with van der Waals surface area (Å²) >= 11 is 0. The smallest absolute Gasteiger partial charge is 0.321 e. The van der Waals surface area contributed by atoms with Crippen LogP contribution in [0, 0.1) is 5.92 Å². The van der Waals surface area contributed by atoms with Crippen LogP contribution in [0.3, 0.4) is 0 Å². The number of anilines is 1. The van der Waals surface area contributed by atoms with Crippen molar-refractivity contribution in [2.45, 2.75) is 20.3 Å². The highest BCUT2D eigenvalue weighted by Crippen LogP contribution is 2.11. The molecule has 6 nitrogen and oxygen atoms in total. The summed E-state index contributed by atoms with van der Waals surface area (Å²) in [6.45, 7) is 4.89. The van der Waals surface area contributed by atoms with Gasteiger partial charge in [-0.3, -0.25) is 9.78 Å². The van der Waals surface area contributed by atoms with Crippen LogP contribution in [0.2, 0.25) is 0 Å². The summed E-state index contributed by atoms with van der Waals surface area (Å²) < 4.78 is 0. The van der Waals surface area contributed by atoms with Crippen LogP contribution in [0.25, 0.3) is 0 Å². The van der Waals surface area contributed by atoms with Crippen molar-refractivity contribution in [3.05, 3.63) is 24.0 Å². The average Bonchev–Trinajstić information content (AvgIpc) is 2.46. The van der Waals surface area contributed by atoms with Gasteiger partial charge in [-0.1, -0.05) is 20.3 Å². The van der Waals surface area contributed by atoms with E-state index in [1.54, 1.807) is 38.2 Å². The highest BCUT2D eigenvalue weighted by atomic mass is 16.2. The third-order valence-electron chi connectivity index (χ3n) is 3.27. The Kier molecular flexibility index (Phi) is 6.14. The van der Waals surface area contributed by atoms with E-state index in [9.17, 15) is 9.59 Å². The highest BCUT2D eigenvalue weighted by Gasteiger charge is 2.14. The first-order chi connectivity index (χ1) is 9.85. The number of carbonyl (C=O) groups is 2. The molecule has 0 unspecified atom stereocenters. The lowest BCUT2D eigenvalue weighted by Gasteiger charge is -2.21. The summed E-state index contributed by atoms with van der Waals surface area (Å²) in [5, 5.41) is 2.78. The second-order valence-electron chi connectivity index (χ2n) is 5.45.